The average Bonchev–Trinajstić information content (AvgIpc) is 2.14. The van der Waals surface area contributed by atoms with Gasteiger partial charge in [-0.3, -0.25) is 0 Å². The molecule has 0 aliphatic rings. The minimum atomic E-state index is -4.05. The van der Waals surface area contributed by atoms with E-state index in [0.717, 1.165) is 13.3 Å². The summed E-state index contributed by atoms with van der Waals surface area (Å²) in [6.45, 7) is 0. The molecule has 0 fully saturated rings. The summed E-state index contributed by atoms with van der Waals surface area (Å²) in [5.41, 5.74) is -0.473. The molecule has 90 valence electrons. The number of halogens is 3. The Hall–Kier alpha value is -0.550. The van der Waals surface area contributed by atoms with Crippen LogP contribution in [-0.4, -0.2) is 20.5 Å². The van der Waals surface area contributed by atoms with E-state index < -0.39 is 27.0 Å². The van der Waals surface area contributed by atoms with Gasteiger partial charge in [0.25, 0.3) is 16.4 Å². The van der Waals surface area contributed by atoms with Crippen LogP contribution in [0, 0.1) is 3.57 Å². The Labute approximate surface area is 104 Å². The second-order valence-corrected chi connectivity index (χ2v) is 5.27. The lowest BCUT2D eigenvalue weighted by Crippen LogP contribution is -2.16. The highest BCUT2D eigenvalue weighted by atomic mass is 127. The number of methoxy groups -OCH3 is 1. The van der Waals surface area contributed by atoms with E-state index in [2.05, 4.69) is 4.98 Å². The molecule has 0 amide bonds. The predicted molar refractivity (Wildman–Crippen MR) is 59.8 cm³/mol. The standard InChI is InChI=1S/C7H7F2IN2O3S/c1-15-5-3(6(8)9)2-12-7(4(5)10)16(11,13)14/h2,6H,1H3,(H2,11,13,14). The van der Waals surface area contributed by atoms with Crippen molar-refractivity contribution in [3.63, 3.8) is 0 Å². The van der Waals surface area contributed by atoms with E-state index in [9.17, 15) is 17.2 Å². The van der Waals surface area contributed by atoms with Gasteiger partial charge >= 0.3 is 0 Å². The van der Waals surface area contributed by atoms with Gasteiger partial charge < -0.3 is 4.74 Å². The first-order valence-corrected chi connectivity index (χ1v) is 6.45. The van der Waals surface area contributed by atoms with Gasteiger partial charge in [0, 0.05) is 6.20 Å². The Kier molecular flexibility index (Phi) is 4.02. The maximum absolute atomic E-state index is 12.5. The topological polar surface area (TPSA) is 82.3 Å². The monoisotopic (exact) mass is 364 g/mol. The van der Waals surface area contributed by atoms with E-state index in [1.807, 2.05) is 0 Å². The number of sulfonamides is 1. The molecule has 0 spiro atoms. The molecule has 0 aliphatic carbocycles. The smallest absolute Gasteiger partial charge is 0.268 e. The van der Waals surface area contributed by atoms with Crippen molar-refractivity contribution >= 4 is 32.6 Å². The molecule has 0 unspecified atom stereocenters. The zero-order valence-corrected chi connectivity index (χ0v) is 10.9. The van der Waals surface area contributed by atoms with Gasteiger partial charge in [-0.2, -0.15) is 0 Å². The molecule has 1 aromatic heterocycles. The number of pyridine rings is 1. The van der Waals surface area contributed by atoms with Crippen molar-refractivity contribution in [3.05, 3.63) is 15.3 Å². The number of hydrogen-bond acceptors (Lipinski definition) is 4. The van der Waals surface area contributed by atoms with Crippen LogP contribution in [0.5, 0.6) is 5.75 Å². The van der Waals surface area contributed by atoms with Crippen molar-refractivity contribution in [2.75, 3.05) is 7.11 Å². The number of ether oxygens (including phenoxy) is 1. The van der Waals surface area contributed by atoms with E-state index in [4.69, 9.17) is 9.88 Å². The summed E-state index contributed by atoms with van der Waals surface area (Å²) in [5, 5.41) is 4.39. The SMILES string of the molecule is COc1c(C(F)F)cnc(S(N)(=O)=O)c1I. The normalized spacial score (nSPS) is 11.9. The van der Waals surface area contributed by atoms with E-state index in [1.54, 1.807) is 22.6 Å². The van der Waals surface area contributed by atoms with Crippen LogP contribution in [0.1, 0.15) is 12.0 Å². The van der Waals surface area contributed by atoms with Gasteiger partial charge in [-0.15, -0.1) is 0 Å². The molecular weight excluding hydrogens is 357 g/mol. The van der Waals surface area contributed by atoms with E-state index in [0.29, 0.717) is 0 Å². The first-order valence-electron chi connectivity index (χ1n) is 3.82. The maximum Gasteiger partial charge on any atom is 0.268 e. The Balaban J connectivity index is 3.53. The van der Waals surface area contributed by atoms with E-state index >= 15 is 0 Å². The lowest BCUT2D eigenvalue weighted by Gasteiger charge is -2.11. The molecule has 0 saturated heterocycles. The lowest BCUT2D eigenvalue weighted by molar-refractivity contribution is 0.146. The highest BCUT2D eigenvalue weighted by Crippen LogP contribution is 2.34. The van der Waals surface area contributed by atoms with Crippen LogP contribution in [0.2, 0.25) is 0 Å². The molecule has 9 heteroatoms. The summed E-state index contributed by atoms with van der Waals surface area (Å²) in [4.78, 5) is 3.40. The third kappa shape index (κ3) is 2.58. The summed E-state index contributed by atoms with van der Waals surface area (Å²) in [5.74, 6) is -0.227. The largest absolute Gasteiger partial charge is 0.495 e. The van der Waals surface area contributed by atoms with Crippen LogP contribution in [0.4, 0.5) is 8.78 Å². The van der Waals surface area contributed by atoms with Crippen molar-refractivity contribution < 1.29 is 21.9 Å². The van der Waals surface area contributed by atoms with Crippen molar-refractivity contribution in [2.24, 2.45) is 5.14 Å². The molecule has 0 aromatic carbocycles. The zero-order chi connectivity index (χ0) is 12.5. The number of alkyl halides is 2. The third-order valence-electron chi connectivity index (χ3n) is 1.68. The van der Waals surface area contributed by atoms with Gasteiger partial charge in [-0.05, 0) is 22.6 Å². The van der Waals surface area contributed by atoms with Gasteiger partial charge in [0.15, 0.2) is 5.03 Å². The minimum Gasteiger partial charge on any atom is -0.495 e. The number of hydrogen-bond donors (Lipinski definition) is 1. The highest BCUT2D eigenvalue weighted by Gasteiger charge is 2.24. The van der Waals surface area contributed by atoms with Gasteiger partial charge in [0.2, 0.25) is 0 Å². The first-order chi connectivity index (χ1) is 7.29. The quantitative estimate of drug-likeness (QED) is 0.820. The van der Waals surface area contributed by atoms with Gasteiger partial charge in [0.05, 0.1) is 16.2 Å². The molecular formula is C7H7F2IN2O3S. The molecule has 2 N–H and O–H groups in total. The van der Waals surface area contributed by atoms with Crippen LogP contribution in [0.3, 0.4) is 0 Å². The number of nitrogens with zero attached hydrogens (tertiary/aromatic N) is 1. The molecule has 0 bridgehead atoms. The van der Waals surface area contributed by atoms with Crippen LogP contribution in [-0.2, 0) is 10.0 Å². The summed E-state index contributed by atoms with van der Waals surface area (Å²) < 4.78 is 51.8. The molecule has 1 heterocycles. The number of aromatic nitrogens is 1. The summed E-state index contributed by atoms with van der Waals surface area (Å²) in [7, 11) is -2.89. The van der Waals surface area contributed by atoms with Gasteiger partial charge in [-0.25, -0.2) is 27.3 Å². The fraction of sp³-hybridized carbons (Fsp3) is 0.286. The van der Waals surface area contributed by atoms with Crippen molar-refractivity contribution in [1.82, 2.24) is 4.98 Å². The molecule has 1 rings (SSSR count). The minimum absolute atomic E-state index is 0.0552. The van der Waals surface area contributed by atoms with E-state index in [1.165, 1.54) is 0 Å². The molecule has 0 radical (unpaired) electrons. The number of nitrogens with two attached hydrogens (primary N) is 1. The molecule has 16 heavy (non-hydrogen) atoms. The van der Waals surface area contributed by atoms with Crippen LogP contribution < -0.4 is 9.88 Å². The second kappa shape index (κ2) is 4.75. The van der Waals surface area contributed by atoms with Crippen LogP contribution >= 0.6 is 22.6 Å². The van der Waals surface area contributed by atoms with E-state index in [-0.39, 0.29) is 9.32 Å². The highest BCUT2D eigenvalue weighted by molar-refractivity contribution is 14.1. The van der Waals surface area contributed by atoms with Crippen LogP contribution in [0.25, 0.3) is 0 Å². The van der Waals surface area contributed by atoms with Crippen molar-refractivity contribution in [3.8, 4) is 5.75 Å². The Morgan fingerprint density at radius 3 is 2.50 bits per heavy atom. The fourth-order valence-electron chi connectivity index (χ4n) is 1.03. The Morgan fingerprint density at radius 2 is 2.12 bits per heavy atom. The maximum atomic E-state index is 12.5. The van der Waals surface area contributed by atoms with Gasteiger partial charge in [0.1, 0.15) is 5.75 Å². The molecule has 0 saturated carbocycles. The summed E-state index contributed by atoms with van der Waals surface area (Å²) in [6, 6.07) is 0. The third-order valence-corrected chi connectivity index (χ3v) is 3.89. The molecule has 1 aromatic rings. The van der Waals surface area contributed by atoms with Crippen molar-refractivity contribution in [1.29, 1.82) is 0 Å². The first kappa shape index (κ1) is 13.5. The zero-order valence-electron chi connectivity index (χ0n) is 7.95. The summed E-state index contributed by atoms with van der Waals surface area (Å²) >= 11 is 1.55. The Bertz CT molecular complexity index is 507. The summed E-state index contributed by atoms with van der Waals surface area (Å²) in [6.07, 6.45) is -2.06. The Morgan fingerprint density at radius 1 is 1.56 bits per heavy atom. The average molecular weight is 364 g/mol. The lowest BCUT2D eigenvalue weighted by atomic mass is 10.3. The molecule has 0 atom stereocenters. The van der Waals surface area contributed by atoms with Crippen molar-refractivity contribution in [2.45, 2.75) is 11.5 Å². The van der Waals surface area contributed by atoms with Gasteiger partial charge in [-0.1, -0.05) is 0 Å². The predicted octanol–water partition coefficient (Wildman–Crippen LogP) is 1.28. The number of rotatable bonds is 3. The molecule has 0 aliphatic heterocycles. The fourth-order valence-corrected chi connectivity index (χ4v) is 3.16. The number of primary sulfonamides is 1. The molecule has 5 nitrogen and oxygen atoms in total. The van der Waals surface area contributed by atoms with Crippen LogP contribution in [0.15, 0.2) is 11.2 Å². The second-order valence-electron chi connectivity index (χ2n) is 2.71.